The summed E-state index contributed by atoms with van der Waals surface area (Å²) in [5.74, 6) is 1.05. The number of primary sulfonamides is 1. The summed E-state index contributed by atoms with van der Waals surface area (Å²) in [6.45, 7) is 3.43. The molecule has 7 heteroatoms. The largest absolute Gasteiger partial charge is 0.335 e. The Morgan fingerprint density at radius 2 is 2.33 bits per heavy atom. The molecule has 0 aliphatic carbocycles. The fraction of sp³-hybridized carbons (Fsp3) is 0.727. The lowest BCUT2D eigenvalue weighted by Gasteiger charge is -2.28. The lowest BCUT2D eigenvalue weighted by molar-refractivity contribution is 0.388. The summed E-state index contributed by atoms with van der Waals surface area (Å²) in [7, 11) is -3.41. The predicted molar refractivity (Wildman–Crippen MR) is 69.5 cm³/mol. The van der Waals surface area contributed by atoms with Gasteiger partial charge in [0.25, 0.3) is 0 Å². The average molecular weight is 272 g/mol. The zero-order chi connectivity index (χ0) is 13.2. The molecule has 0 aromatic carbocycles. The van der Waals surface area contributed by atoms with Crippen LogP contribution in [0.5, 0.6) is 0 Å². The second kappa shape index (κ2) is 5.38. The Labute approximate surface area is 108 Å². The van der Waals surface area contributed by atoms with Crippen molar-refractivity contribution in [1.82, 2.24) is 14.9 Å². The molecule has 1 fully saturated rings. The van der Waals surface area contributed by atoms with Gasteiger partial charge in [-0.1, -0.05) is 0 Å². The van der Waals surface area contributed by atoms with Gasteiger partial charge in [0.05, 0.1) is 5.25 Å². The molecule has 6 nitrogen and oxygen atoms in total. The number of rotatable bonds is 4. The van der Waals surface area contributed by atoms with Crippen LogP contribution in [0.1, 0.15) is 25.6 Å². The third kappa shape index (κ3) is 3.09. The minimum Gasteiger partial charge on any atom is -0.335 e. The van der Waals surface area contributed by atoms with E-state index in [9.17, 15) is 8.42 Å². The zero-order valence-corrected chi connectivity index (χ0v) is 11.4. The van der Waals surface area contributed by atoms with Crippen LogP contribution in [-0.4, -0.2) is 35.8 Å². The number of hydrogen-bond acceptors (Lipinski definition) is 4. The average Bonchev–Trinajstić information content (AvgIpc) is 2.76. The van der Waals surface area contributed by atoms with Crippen molar-refractivity contribution in [2.45, 2.75) is 44.0 Å². The van der Waals surface area contributed by atoms with Crippen LogP contribution in [0.2, 0.25) is 0 Å². The van der Waals surface area contributed by atoms with E-state index < -0.39 is 15.3 Å². The summed E-state index contributed by atoms with van der Waals surface area (Å²) >= 11 is 0. The van der Waals surface area contributed by atoms with Crippen molar-refractivity contribution in [3.63, 3.8) is 0 Å². The molecule has 0 spiro atoms. The van der Waals surface area contributed by atoms with Gasteiger partial charge < -0.3 is 9.88 Å². The molecular weight excluding hydrogens is 252 g/mol. The molecule has 1 aliphatic rings. The maximum Gasteiger partial charge on any atom is 0.213 e. The van der Waals surface area contributed by atoms with E-state index in [0.29, 0.717) is 13.0 Å². The molecule has 18 heavy (non-hydrogen) atoms. The van der Waals surface area contributed by atoms with E-state index in [-0.39, 0.29) is 6.04 Å². The van der Waals surface area contributed by atoms with Crippen molar-refractivity contribution in [3.05, 3.63) is 18.2 Å². The topological polar surface area (TPSA) is 90.0 Å². The highest BCUT2D eigenvalue weighted by Gasteiger charge is 2.28. The second-order valence-corrected chi connectivity index (χ2v) is 6.57. The molecule has 1 aromatic rings. The van der Waals surface area contributed by atoms with E-state index in [2.05, 4.69) is 21.8 Å². The Hall–Kier alpha value is -0.920. The minimum absolute atomic E-state index is 0.288. The van der Waals surface area contributed by atoms with Crippen LogP contribution in [0.4, 0.5) is 0 Å². The number of nitrogens with zero attached hydrogens (tertiary/aromatic N) is 2. The van der Waals surface area contributed by atoms with Gasteiger partial charge in [0.2, 0.25) is 10.0 Å². The third-order valence-corrected chi connectivity index (χ3v) is 4.84. The molecule has 2 atom stereocenters. The molecular formula is C11H20N4O2S. The van der Waals surface area contributed by atoms with Crippen molar-refractivity contribution < 1.29 is 8.42 Å². The van der Waals surface area contributed by atoms with Crippen LogP contribution >= 0.6 is 0 Å². The number of nitrogens with one attached hydrogen (secondary N) is 1. The Morgan fingerprint density at radius 1 is 1.56 bits per heavy atom. The highest BCUT2D eigenvalue weighted by atomic mass is 32.2. The number of sulfonamides is 1. The maximum absolute atomic E-state index is 11.2. The molecule has 0 saturated carbocycles. The van der Waals surface area contributed by atoms with Crippen molar-refractivity contribution in [2.75, 3.05) is 6.54 Å². The number of piperidine rings is 1. The van der Waals surface area contributed by atoms with Crippen molar-refractivity contribution in [3.8, 4) is 0 Å². The van der Waals surface area contributed by atoms with Gasteiger partial charge in [-0.2, -0.15) is 0 Å². The van der Waals surface area contributed by atoms with Crippen LogP contribution in [0.3, 0.4) is 0 Å². The van der Waals surface area contributed by atoms with Gasteiger partial charge in [0.15, 0.2) is 0 Å². The number of aryl methyl sites for hydroxylation is 1. The van der Waals surface area contributed by atoms with Gasteiger partial charge in [0.1, 0.15) is 5.82 Å². The number of nitrogens with two attached hydrogens (primary N) is 1. The fourth-order valence-corrected chi connectivity index (χ4v) is 3.18. The molecule has 3 N–H and O–H groups in total. The normalized spacial score (nSPS) is 25.2. The second-order valence-electron chi connectivity index (χ2n) is 4.73. The summed E-state index contributed by atoms with van der Waals surface area (Å²) in [5.41, 5.74) is 0. The van der Waals surface area contributed by atoms with Crippen LogP contribution < -0.4 is 10.5 Å². The summed E-state index contributed by atoms with van der Waals surface area (Å²) in [5, 5.41) is 7.96. The first-order valence-electron chi connectivity index (χ1n) is 6.25. The van der Waals surface area contributed by atoms with E-state index in [4.69, 9.17) is 5.14 Å². The number of imidazole rings is 1. The van der Waals surface area contributed by atoms with Gasteiger partial charge >= 0.3 is 0 Å². The Balaban J connectivity index is 1.91. The molecule has 1 aromatic heterocycles. The Morgan fingerprint density at radius 3 is 2.89 bits per heavy atom. The van der Waals surface area contributed by atoms with Crippen molar-refractivity contribution in [1.29, 1.82) is 0 Å². The molecule has 1 aliphatic heterocycles. The molecule has 102 valence electrons. The monoisotopic (exact) mass is 272 g/mol. The minimum atomic E-state index is -3.41. The van der Waals surface area contributed by atoms with Crippen LogP contribution in [-0.2, 0) is 23.0 Å². The summed E-state index contributed by atoms with van der Waals surface area (Å²) in [6, 6.07) is 0.288. The van der Waals surface area contributed by atoms with E-state index in [0.717, 1.165) is 25.2 Å². The predicted octanol–water partition coefficient (Wildman–Crippen LogP) is -0.145. The molecule has 0 bridgehead atoms. The van der Waals surface area contributed by atoms with Crippen molar-refractivity contribution >= 4 is 10.0 Å². The Bertz CT molecular complexity index is 489. The third-order valence-electron chi connectivity index (χ3n) is 3.51. The van der Waals surface area contributed by atoms with E-state index >= 15 is 0 Å². The fourth-order valence-electron chi connectivity index (χ4n) is 2.38. The highest BCUT2D eigenvalue weighted by molar-refractivity contribution is 7.89. The smallest absolute Gasteiger partial charge is 0.213 e. The first kappa shape index (κ1) is 13.5. The molecule has 2 unspecified atom stereocenters. The summed E-state index contributed by atoms with van der Waals surface area (Å²) < 4.78 is 24.6. The summed E-state index contributed by atoms with van der Waals surface area (Å²) in [4.78, 5) is 4.33. The van der Waals surface area contributed by atoms with Crippen molar-refractivity contribution in [2.24, 2.45) is 5.14 Å². The lowest BCUT2D eigenvalue weighted by Crippen LogP contribution is -2.47. The molecule has 0 radical (unpaired) electrons. The van der Waals surface area contributed by atoms with Gasteiger partial charge in [-0.15, -0.1) is 0 Å². The van der Waals surface area contributed by atoms with E-state index in [1.807, 2.05) is 6.20 Å². The van der Waals surface area contributed by atoms with Gasteiger partial charge in [-0.3, -0.25) is 0 Å². The Kier molecular flexibility index (Phi) is 4.04. The standard InChI is InChI=1S/C11H20N4O2S/c1-2-15-6-5-13-11(15)7-9-3-4-10(8-14-9)18(12,16)17/h5-6,9-10,14H,2-4,7-8H2,1H3,(H2,12,16,17). The lowest BCUT2D eigenvalue weighted by atomic mass is 10.0. The molecule has 0 amide bonds. The van der Waals surface area contributed by atoms with Crippen LogP contribution in [0, 0.1) is 0 Å². The highest BCUT2D eigenvalue weighted by Crippen LogP contribution is 2.16. The molecule has 1 saturated heterocycles. The van der Waals surface area contributed by atoms with Gasteiger partial charge in [-0.05, 0) is 19.8 Å². The first-order chi connectivity index (χ1) is 8.50. The maximum atomic E-state index is 11.2. The molecule has 2 rings (SSSR count). The quantitative estimate of drug-likeness (QED) is 0.798. The zero-order valence-electron chi connectivity index (χ0n) is 10.5. The van der Waals surface area contributed by atoms with Gasteiger partial charge in [-0.25, -0.2) is 18.5 Å². The number of hydrogen-bond donors (Lipinski definition) is 2. The number of aromatic nitrogens is 2. The van der Waals surface area contributed by atoms with E-state index in [1.165, 1.54) is 0 Å². The van der Waals surface area contributed by atoms with Crippen LogP contribution in [0.25, 0.3) is 0 Å². The SMILES string of the molecule is CCn1ccnc1CC1CCC(S(N)(=O)=O)CN1. The van der Waals surface area contributed by atoms with Crippen LogP contribution in [0.15, 0.2) is 12.4 Å². The first-order valence-corrected chi connectivity index (χ1v) is 7.86. The summed E-state index contributed by atoms with van der Waals surface area (Å²) in [6.07, 6.45) is 6.04. The molecule has 2 heterocycles. The van der Waals surface area contributed by atoms with Gasteiger partial charge in [0, 0.05) is 37.9 Å². The van der Waals surface area contributed by atoms with E-state index in [1.54, 1.807) is 6.20 Å².